The van der Waals surface area contributed by atoms with Gasteiger partial charge in [-0.1, -0.05) is 24.3 Å². The zero-order valence-corrected chi connectivity index (χ0v) is 19.9. The van der Waals surface area contributed by atoms with Crippen LogP contribution in [-0.4, -0.2) is 18.4 Å². The summed E-state index contributed by atoms with van der Waals surface area (Å²) >= 11 is 4.32. The molecule has 0 aliphatic rings. The third-order valence-electron chi connectivity index (χ3n) is 4.03. The van der Waals surface area contributed by atoms with Crippen LogP contribution in [0.4, 0.5) is 11.4 Å². The van der Waals surface area contributed by atoms with Crippen molar-refractivity contribution in [2.45, 2.75) is 6.92 Å². The Kier molecular flexibility index (Phi) is 7.48. The minimum Gasteiger partial charge on any atom is -0.493 e. The zero-order chi connectivity index (χ0) is 20.8. The molecule has 29 heavy (non-hydrogen) atoms. The largest absolute Gasteiger partial charge is 0.493 e. The van der Waals surface area contributed by atoms with Crippen molar-refractivity contribution < 1.29 is 14.3 Å². The number of benzene rings is 3. The molecule has 0 fully saturated rings. The van der Waals surface area contributed by atoms with Crippen molar-refractivity contribution in [1.29, 1.82) is 0 Å². The normalized spacial score (nSPS) is 10.3. The standard InChI is InChI=1S/C22H18I2N2O3/c1-2-29-20-12-11-14(21(27)25-18-9-5-3-7-16(18)23)13-15(20)22(28)26-19-10-6-4-8-17(19)24/h3-13H,2H2,1H3,(H,25,27)(H,26,28). The van der Waals surface area contributed by atoms with Gasteiger partial charge in [0.15, 0.2) is 0 Å². The molecule has 0 aliphatic carbocycles. The highest BCUT2D eigenvalue weighted by Crippen LogP contribution is 2.25. The van der Waals surface area contributed by atoms with Gasteiger partial charge in [0.25, 0.3) is 11.8 Å². The summed E-state index contributed by atoms with van der Waals surface area (Å²) in [5.74, 6) is -0.191. The van der Waals surface area contributed by atoms with Crippen molar-refractivity contribution in [1.82, 2.24) is 0 Å². The maximum Gasteiger partial charge on any atom is 0.259 e. The van der Waals surface area contributed by atoms with Gasteiger partial charge in [-0.25, -0.2) is 0 Å². The lowest BCUT2D eigenvalue weighted by Gasteiger charge is -2.13. The Morgan fingerprint density at radius 3 is 1.93 bits per heavy atom. The first-order valence-electron chi connectivity index (χ1n) is 8.88. The molecule has 5 nitrogen and oxygen atoms in total. The Balaban J connectivity index is 1.89. The number of rotatable bonds is 6. The van der Waals surface area contributed by atoms with Crippen molar-refractivity contribution in [3.8, 4) is 5.75 Å². The van der Waals surface area contributed by atoms with Crippen LogP contribution >= 0.6 is 45.2 Å². The molecule has 0 heterocycles. The fraction of sp³-hybridized carbons (Fsp3) is 0.0909. The van der Waals surface area contributed by atoms with Crippen LogP contribution in [0.3, 0.4) is 0 Å². The zero-order valence-electron chi connectivity index (χ0n) is 15.5. The van der Waals surface area contributed by atoms with Crippen LogP contribution < -0.4 is 15.4 Å². The van der Waals surface area contributed by atoms with Gasteiger partial charge in [0, 0.05) is 12.7 Å². The Labute approximate surface area is 196 Å². The van der Waals surface area contributed by atoms with E-state index in [1.54, 1.807) is 18.2 Å². The van der Waals surface area contributed by atoms with Gasteiger partial charge in [0.05, 0.1) is 23.5 Å². The highest BCUT2D eigenvalue weighted by Gasteiger charge is 2.18. The van der Waals surface area contributed by atoms with Crippen LogP contribution in [0.5, 0.6) is 5.75 Å². The Morgan fingerprint density at radius 2 is 1.38 bits per heavy atom. The predicted octanol–water partition coefficient (Wildman–Crippen LogP) is 5.80. The number of hydrogen-bond donors (Lipinski definition) is 2. The van der Waals surface area contributed by atoms with Gasteiger partial charge >= 0.3 is 0 Å². The van der Waals surface area contributed by atoms with Gasteiger partial charge in [0.2, 0.25) is 0 Å². The SMILES string of the molecule is CCOc1ccc(C(=O)Nc2ccccc2I)cc1C(=O)Nc1ccccc1I. The topological polar surface area (TPSA) is 67.4 Å². The van der Waals surface area contributed by atoms with Gasteiger partial charge in [0.1, 0.15) is 5.75 Å². The van der Waals surface area contributed by atoms with E-state index in [2.05, 4.69) is 55.8 Å². The summed E-state index contributed by atoms with van der Waals surface area (Å²) < 4.78 is 7.45. The van der Waals surface area contributed by atoms with Gasteiger partial charge in [-0.05, 0) is 94.6 Å². The second-order valence-corrected chi connectivity index (χ2v) is 8.34. The van der Waals surface area contributed by atoms with Crippen LogP contribution in [0.2, 0.25) is 0 Å². The molecule has 0 bridgehead atoms. The highest BCUT2D eigenvalue weighted by atomic mass is 127. The number of nitrogens with one attached hydrogen (secondary N) is 2. The average molecular weight is 612 g/mol. The van der Waals surface area contributed by atoms with E-state index in [4.69, 9.17) is 4.74 Å². The van der Waals surface area contributed by atoms with Crippen molar-refractivity contribution >= 4 is 68.4 Å². The summed E-state index contributed by atoms with van der Waals surface area (Å²) in [6, 6.07) is 19.9. The number of carbonyl (C=O) groups excluding carboxylic acids is 2. The van der Waals surface area contributed by atoms with Gasteiger partial charge in [-0.3, -0.25) is 9.59 Å². The molecule has 0 spiro atoms. The monoisotopic (exact) mass is 612 g/mol. The summed E-state index contributed by atoms with van der Waals surface area (Å²) in [5.41, 5.74) is 2.11. The van der Waals surface area contributed by atoms with Crippen LogP contribution in [-0.2, 0) is 0 Å². The molecule has 0 aromatic heterocycles. The van der Waals surface area contributed by atoms with Crippen molar-refractivity contribution in [2.24, 2.45) is 0 Å². The van der Waals surface area contributed by atoms with Crippen molar-refractivity contribution in [2.75, 3.05) is 17.2 Å². The van der Waals surface area contributed by atoms with E-state index in [1.807, 2.05) is 55.5 Å². The molecule has 0 saturated heterocycles. The van der Waals surface area contributed by atoms with Crippen LogP contribution in [0.25, 0.3) is 0 Å². The van der Waals surface area contributed by atoms with Gasteiger partial charge in [-0.15, -0.1) is 0 Å². The van der Waals surface area contributed by atoms with Gasteiger partial charge < -0.3 is 15.4 Å². The molecule has 2 amide bonds. The fourth-order valence-corrected chi connectivity index (χ4v) is 3.68. The van der Waals surface area contributed by atoms with Crippen LogP contribution in [0, 0.1) is 7.14 Å². The van der Waals surface area contributed by atoms with E-state index in [0.717, 1.165) is 12.8 Å². The third kappa shape index (κ3) is 5.47. The van der Waals surface area contributed by atoms with Crippen LogP contribution in [0.1, 0.15) is 27.6 Å². The minimum absolute atomic E-state index is 0.291. The molecule has 3 rings (SSSR count). The summed E-state index contributed by atoms with van der Waals surface area (Å²) in [6.07, 6.45) is 0. The predicted molar refractivity (Wildman–Crippen MR) is 132 cm³/mol. The maximum atomic E-state index is 12.9. The summed E-state index contributed by atoms with van der Waals surface area (Å²) in [4.78, 5) is 25.7. The van der Waals surface area contributed by atoms with E-state index in [1.165, 1.54) is 0 Å². The molecule has 0 unspecified atom stereocenters. The number of hydrogen-bond acceptors (Lipinski definition) is 3. The summed E-state index contributed by atoms with van der Waals surface area (Å²) in [6.45, 7) is 2.26. The van der Waals surface area contributed by atoms with E-state index in [9.17, 15) is 9.59 Å². The fourth-order valence-electron chi connectivity index (χ4n) is 2.64. The maximum absolute atomic E-state index is 12.9. The smallest absolute Gasteiger partial charge is 0.259 e. The third-order valence-corrected chi connectivity index (χ3v) is 5.91. The van der Waals surface area contributed by atoms with E-state index < -0.39 is 0 Å². The molecule has 148 valence electrons. The molecule has 3 aromatic rings. The summed E-state index contributed by atoms with van der Waals surface area (Å²) in [5, 5.41) is 5.77. The average Bonchev–Trinajstić information content (AvgIpc) is 2.72. The molecule has 3 aromatic carbocycles. The molecule has 0 aliphatic heterocycles. The van der Waals surface area contributed by atoms with E-state index in [-0.39, 0.29) is 11.8 Å². The van der Waals surface area contributed by atoms with Gasteiger partial charge in [-0.2, -0.15) is 0 Å². The number of anilines is 2. The number of carbonyl (C=O) groups is 2. The first kappa shape index (κ1) is 21.6. The molecule has 0 radical (unpaired) electrons. The van der Waals surface area contributed by atoms with Crippen LogP contribution in [0.15, 0.2) is 66.7 Å². The molecular formula is C22H18I2N2O3. The number of amides is 2. The Bertz CT molecular complexity index is 1050. The van der Waals surface area contributed by atoms with Crippen molar-refractivity contribution in [3.63, 3.8) is 0 Å². The first-order valence-corrected chi connectivity index (χ1v) is 11.0. The lowest BCUT2D eigenvalue weighted by molar-refractivity contribution is 0.102. The molecule has 0 saturated carbocycles. The summed E-state index contributed by atoms with van der Waals surface area (Å²) in [7, 11) is 0. The molecule has 2 N–H and O–H groups in total. The Morgan fingerprint density at radius 1 is 0.828 bits per heavy atom. The lowest BCUT2D eigenvalue weighted by atomic mass is 10.1. The minimum atomic E-state index is -0.332. The highest BCUT2D eigenvalue weighted by molar-refractivity contribution is 14.1. The first-order chi connectivity index (χ1) is 14.0. The quantitative estimate of drug-likeness (QED) is 0.346. The number of para-hydroxylation sites is 2. The molecule has 0 atom stereocenters. The molecular weight excluding hydrogens is 594 g/mol. The molecule has 7 heteroatoms. The second-order valence-electron chi connectivity index (χ2n) is 6.01. The number of ether oxygens (including phenoxy) is 1. The lowest BCUT2D eigenvalue weighted by Crippen LogP contribution is -2.17. The Hall–Kier alpha value is -2.14. The van der Waals surface area contributed by atoms with E-state index in [0.29, 0.717) is 29.2 Å². The van der Waals surface area contributed by atoms with E-state index >= 15 is 0 Å². The number of halogens is 2. The van der Waals surface area contributed by atoms with Crippen molar-refractivity contribution in [3.05, 3.63) is 85.0 Å². The second kappa shape index (κ2) is 10.1.